The van der Waals surface area contributed by atoms with Crippen LogP contribution in [0.4, 0.5) is 0 Å². The van der Waals surface area contributed by atoms with E-state index < -0.39 is 0 Å². The van der Waals surface area contributed by atoms with Gasteiger partial charge in [-0.15, -0.1) is 0 Å². The summed E-state index contributed by atoms with van der Waals surface area (Å²) in [5.41, 5.74) is 16.3. The topological polar surface area (TPSA) is 175 Å². The third-order valence-electron chi connectivity index (χ3n) is 14.6. The van der Waals surface area contributed by atoms with Gasteiger partial charge in [-0.3, -0.25) is 0 Å². The lowest BCUT2D eigenvalue weighted by atomic mass is 9.93. The van der Waals surface area contributed by atoms with Gasteiger partial charge < -0.3 is 49.3 Å². The minimum Gasteiger partial charge on any atom is -0.491 e. The number of H-pyrrole nitrogens is 2. The number of aromatic amines is 2. The van der Waals surface area contributed by atoms with Crippen molar-refractivity contribution < 1.29 is 39.4 Å². The van der Waals surface area contributed by atoms with Crippen LogP contribution in [-0.2, 0) is 0 Å². The molecule has 10 aromatic rings. The van der Waals surface area contributed by atoms with E-state index in [9.17, 15) is 20.4 Å². The molecule has 0 radical (unpaired) electrons. The van der Waals surface area contributed by atoms with Crippen LogP contribution in [0.2, 0.25) is 0 Å². The predicted octanol–water partition coefficient (Wildman–Crippen LogP) is 13.4. The molecule has 2 aromatic heterocycles. The molecule has 6 N–H and O–H groups in total. The molecule has 12 heteroatoms. The maximum Gasteiger partial charge on any atom is 0.120 e. The Kier molecular flexibility index (Phi) is 13.6. The highest BCUT2D eigenvalue weighted by atomic mass is 16.5. The zero-order chi connectivity index (χ0) is 54.1. The second-order valence-electron chi connectivity index (χ2n) is 19.4. The summed E-state index contributed by atoms with van der Waals surface area (Å²) in [5.74, 6) is 2.35. The fourth-order valence-corrected chi connectivity index (χ4v) is 11.4. The van der Waals surface area contributed by atoms with Crippen molar-refractivity contribution in [2.45, 2.75) is 0 Å². The number of aromatic nitrogens is 4. The van der Waals surface area contributed by atoms with Crippen molar-refractivity contribution >= 4 is 43.6 Å². The maximum atomic E-state index is 9.93. The van der Waals surface area contributed by atoms with Crippen molar-refractivity contribution in [1.29, 1.82) is 0 Å². The molecule has 8 aromatic carbocycles. The summed E-state index contributed by atoms with van der Waals surface area (Å²) in [4.78, 5) is 20.0. The number of rotatable bonds is 16. The first-order valence-electron chi connectivity index (χ1n) is 26.7. The lowest BCUT2D eigenvalue weighted by Gasteiger charge is -2.11. The molecule has 8 bridgehead atoms. The van der Waals surface area contributed by atoms with Gasteiger partial charge in [-0.25, -0.2) is 9.97 Å². The van der Waals surface area contributed by atoms with Gasteiger partial charge in [-0.05, 0) is 70.8 Å². The van der Waals surface area contributed by atoms with Crippen molar-refractivity contribution in [3.05, 3.63) is 194 Å². The van der Waals surface area contributed by atoms with Gasteiger partial charge in [0.1, 0.15) is 49.4 Å². The monoisotopic (exact) mass is 1050 g/mol. The average Bonchev–Trinajstić information content (AvgIpc) is 4.48. The Morgan fingerprint density at radius 3 is 0.762 bits per heavy atom. The molecule has 12 nitrogen and oxygen atoms in total. The molecule has 0 saturated carbocycles. The fraction of sp³-hybridized carbons (Fsp3) is 0.118. The summed E-state index contributed by atoms with van der Waals surface area (Å²) in [6, 6.07) is 65.2. The van der Waals surface area contributed by atoms with Gasteiger partial charge in [0, 0.05) is 66.1 Å². The number of hydrogen-bond donors (Lipinski definition) is 6. The standard InChI is InChI=1S/C68H54N4O8/c73-29-33-77-45-17-9-13-41(37-45)57-61-49-21-1-2-22-50(49)62(69-61)58(42-14-10-18-46(38-42)78-34-30-74)64-53-25-5-6-26-54(53)66(71-64)60(44-16-12-20-48(40-44)80-36-32-76)68-56-28-8-7-27-55(56)67(72-68)59(43-15-11-19-47(39-43)79-35-31-75)65-52-24-4-3-23-51(52)63(57)70-65/h1-28,37-40,69,72-76H,29-36H2. The van der Waals surface area contributed by atoms with Crippen LogP contribution in [0.1, 0.15) is 0 Å². The molecule has 0 amide bonds. The zero-order valence-corrected chi connectivity index (χ0v) is 43.4. The highest BCUT2D eigenvalue weighted by Gasteiger charge is 2.30. The normalized spacial score (nSPS) is 11.7. The van der Waals surface area contributed by atoms with E-state index in [1.807, 2.05) is 97.1 Å². The van der Waals surface area contributed by atoms with E-state index in [1.54, 1.807) is 0 Å². The first-order valence-corrected chi connectivity index (χ1v) is 26.7. The van der Waals surface area contributed by atoms with Gasteiger partial charge in [0.05, 0.1) is 71.3 Å². The Balaban J connectivity index is 1.32. The minimum atomic E-state index is -0.147. The van der Waals surface area contributed by atoms with Crippen molar-refractivity contribution in [3.8, 4) is 113 Å². The molecular formula is C68H54N4O8. The van der Waals surface area contributed by atoms with Crippen LogP contribution in [0.5, 0.6) is 23.0 Å². The number of nitrogens with zero attached hydrogens (tertiary/aromatic N) is 2. The summed E-state index contributed by atoms with van der Waals surface area (Å²) >= 11 is 0. The number of benzene rings is 8. The minimum absolute atomic E-state index is 0.117. The smallest absolute Gasteiger partial charge is 0.120 e. The summed E-state index contributed by atoms with van der Waals surface area (Å²) < 4.78 is 24.6. The van der Waals surface area contributed by atoms with Gasteiger partial charge in [0.15, 0.2) is 0 Å². The quantitative estimate of drug-likeness (QED) is 0.0546. The molecule has 4 heterocycles. The molecular weight excluding hydrogens is 1000 g/mol. The molecule has 0 unspecified atom stereocenters. The van der Waals surface area contributed by atoms with Gasteiger partial charge in [0.2, 0.25) is 0 Å². The van der Waals surface area contributed by atoms with Crippen molar-refractivity contribution in [3.63, 3.8) is 0 Å². The number of nitrogens with one attached hydrogen (secondary N) is 2. The van der Waals surface area contributed by atoms with Crippen LogP contribution in [0.15, 0.2) is 194 Å². The molecule has 0 saturated heterocycles. The summed E-state index contributed by atoms with van der Waals surface area (Å²) in [6.07, 6.45) is 0. The molecule has 394 valence electrons. The molecule has 80 heavy (non-hydrogen) atoms. The highest BCUT2D eigenvalue weighted by molar-refractivity contribution is 6.21. The molecule has 0 fully saturated rings. The van der Waals surface area contributed by atoms with Gasteiger partial charge in [0.25, 0.3) is 0 Å². The lowest BCUT2D eigenvalue weighted by molar-refractivity contribution is 0.201. The number of ether oxygens (including phenoxy) is 4. The van der Waals surface area contributed by atoms with Gasteiger partial charge in [-0.1, -0.05) is 146 Å². The predicted molar refractivity (Wildman–Crippen MR) is 317 cm³/mol. The Labute approximate surface area is 460 Å². The van der Waals surface area contributed by atoms with Crippen molar-refractivity contribution in [2.75, 3.05) is 52.9 Å². The Hall–Kier alpha value is -9.56. The SMILES string of the molecule is OCCOc1cccc(-c2c3nc(c(-c4cccc(OCCO)c4)c4[nH]c(c(-c5cccc(OCCO)c5)c5nc(c(-c6cccc(OCCO)c6)c6[nH]c2c2ccccc62)-c2ccccc2-5)c2ccccc42)-c2ccccc2-3)c1. The van der Waals surface area contributed by atoms with E-state index in [1.165, 1.54) is 0 Å². The largest absolute Gasteiger partial charge is 0.491 e. The number of hydrogen-bond acceptors (Lipinski definition) is 10. The zero-order valence-electron chi connectivity index (χ0n) is 43.4. The lowest BCUT2D eigenvalue weighted by Crippen LogP contribution is -2.01. The second kappa shape index (κ2) is 21.7. The van der Waals surface area contributed by atoms with Crippen LogP contribution < -0.4 is 18.9 Å². The Bertz CT molecular complexity index is 3810. The van der Waals surface area contributed by atoms with Gasteiger partial charge in [-0.2, -0.15) is 0 Å². The average molecular weight is 1060 g/mol. The second-order valence-corrected chi connectivity index (χ2v) is 19.4. The van der Waals surface area contributed by atoms with E-state index in [0.29, 0.717) is 45.8 Å². The van der Waals surface area contributed by atoms with Crippen molar-refractivity contribution in [1.82, 2.24) is 19.9 Å². The Morgan fingerprint density at radius 1 is 0.287 bits per heavy atom. The highest BCUT2D eigenvalue weighted by Crippen LogP contribution is 2.52. The third-order valence-corrected chi connectivity index (χ3v) is 14.6. The van der Waals surface area contributed by atoms with Crippen LogP contribution in [0.25, 0.3) is 133 Å². The van der Waals surface area contributed by atoms with Crippen molar-refractivity contribution in [2.24, 2.45) is 0 Å². The maximum absolute atomic E-state index is 9.93. The van der Waals surface area contributed by atoms with Gasteiger partial charge >= 0.3 is 0 Å². The molecule has 13 rings (SSSR count). The summed E-state index contributed by atoms with van der Waals surface area (Å²) in [6.45, 7) is -0.122. The van der Waals surface area contributed by atoms with E-state index in [4.69, 9.17) is 28.9 Å². The summed E-state index contributed by atoms with van der Waals surface area (Å²) in [5, 5.41) is 43.4. The number of aliphatic hydroxyl groups is 4. The molecule has 3 aliphatic rings. The Morgan fingerprint density at radius 2 is 0.525 bits per heavy atom. The first kappa shape index (κ1) is 50.0. The van der Waals surface area contributed by atoms with Crippen LogP contribution in [0, 0.1) is 0 Å². The van der Waals surface area contributed by atoms with Crippen LogP contribution >= 0.6 is 0 Å². The van der Waals surface area contributed by atoms with E-state index in [0.717, 1.165) is 110 Å². The summed E-state index contributed by atoms with van der Waals surface area (Å²) in [7, 11) is 0. The third kappa shape index (κ3) is 8.96. The van der Waals surface area contributed by atoms with Crippen LogP contribution in [-0.4, -0.2) is 93.2 Å². The van der Waals surface area contributed by atoms with E-state index >= 15 is 0 Å². The fourth-order valence-electron chi connectivity index (χ4n) is 11.4. The molecule has 0 spiro atoms. The molecule has 1 aliphatic carbocycles. The first-order chi connectivity index (χ1) is 39.5. The van der Waals surface area contributed by atoms with E-state index in [2.05, 4.69) is 107 Å². The molecule has 2 aliphatic heterocycles. The molecule has 0 atom stereocenters. The van der Waals surface area contributed by atoms with Crippen LogP contribution in [0.3, 0.4) is 0 Å². The van der Waals surface area contributed by atoms with E-state index in [-0.39, 0.29) is 52.9 Å². The number of aliphatic hydroxyl groups excluding tert-OH is 4.